The minimum atomic E-state index is -1.02. The lowest BCUT2D eigenvalue weighted by Gasteiger charge is -2.16. The predicted molar refractivity (Wildman–Crippen MR) is 109 cm³/mol. The second-order valence-corrected chi connectivity index (χ2v) is 6.56. The molecule has 0 radical (unpaired) electrons. The van der Waals surface area contributed by atoms with Crippen molar-refractivity contribution in [2.24, 2.45) is 0 Å². The van der Waals surface area contributed by atoms with Gasteiger partial charge in [-0.1, -0.05) is 74.0 Å². The maximum atomic E-state index is 11.9. The quantitative estimate of drug-likeness (QED) is 0.536. The average Bonchev–Trinajstić information content (AvgIpc) is 2.72. The van der Waals surface area contributed by atoms with Crippen molar-refractivity contribution < 1.29 is 19.4 Å². The lowest BCUT2D eigenvalue weighted by molar-refractivity contribution is 0.0690. The van der Waals surface area contributed by atoms with E-state index < -0.39 is 5.97 Å². The Morgan fingerprint density at radius 3 is 1.96 bits per heavy atom. The van der Waals surface area contributed by atoms with Gasteiger partial charge in [0.2, 0.25) is 0 Å². The molecule has 0 spiro atoms. The van der Waals surface area contributed by atoms with E-state index in [1.165, 1.54) is 0 Å². The molecule has 1 N–H and O–H groups in total. The molecule has 0 bridgehead atoms. The van der Waals surface area contributed by atoms with Crippen molar-refractivity contribution in [3.63, 3.8) is 0 Å². The molecule has 0 aromatic heterocycles. The van der Waals surface area contributed by atoms with Crippen LogP contribution in [-0.2, 0) is 19.6 Å². The molecule has 3 aromatic carbocycles. The zero-order valence-electron chi connectivity index (χ0n) is 15.9. The van der Waals surface area contributed by atoms with E-state index in [9.17, 15) is 9.90 Å². The third kappa shape index (κ3) is 5.13. The number of carboxylic acids is 1. The van der Waals surface area contributed by atoms with Crippen LogP contribution >= 0.6 is 0 Å². The van der Waals surface area contributed by atoms with Gasteiger partial charge in [0, 0.05) is 0 Å². The summed E-state index contributed by atoms with van der Waals surface area (Å²) in [6.45, 7) is 2.76. The minimum absolute atomic E-state index is 0.130. The average molecular weight is 376 g/mol. The molecule has 144 valence electrons. The van der Waals surface area contributed by atoms with Gasteiger partial charge in [0.15, 0.2) is 0 Å². The molecular formula is C24H24O4. The molecule has 0 aliphatic carbocycles. The number of aryl methyl sites for hydroxylation is 1. The van der Waals surface area contributed by atoms with Gasteiger partial charge in [0.25, 0.3) is 0 Å². The number of carboxylic acid groups (broad SMARTS) is 1. The fourth-order valence-electron chi connectivity index (χ4n) is 3.00. The highest BCUT2D eigenvalue weighted by Crippen LogP contribution is 2.32. The Bertz CT molecular complexity index is 905. The van der Waals surface area contributed by atoms with E-state index in [4.69, 9.17) is 9.47 Å². The summed E-state index contributed by atoms with van der Waals surface area (Å²) in [6, 6.07) is 22.9. The van der Waals surface area contributed by atoms with Crippen LogP contribution in [0.3, 0.4) is 0 Å². The van der Waals surface area contributed by atoms with Gasteiger partial charge in [-0.3, -0.25) is 0 Å². The van der Waals surface area contributed by atoms with Crippen molar-refractivity contribution in [1.82, 2.24) is 0 Å². The second-order valence-electron chi connectivity index (χ2n) is 6.56. The molecular weight excluding hydrogens is 352 g/mol. The highest BCUT2D eigenvalue weighted by atomic mass is 16.5. The first-order valence-electron chi connectivity index (χ1n) is 9.41. The SMILES string of the molecule is CCCc1cc(OCc2ccccc2)cc(C(=O)O)c1OCc1ccccc1. The van der Waals surface area contributed by atoms with Gasteiger partial charge >= 0.3 is 5.97 Å². The molecule has 0 unspecified atom stereocenters. The lowest BCUT2D eigenvalue weighted by Crippen LogP contribution is -2.08. The topological polar surface area (TPSA) is 55.8 Å². The summed E-state index contributed by atoms with van der Waals surface area (Å²) >= 11 is 0. The molecule has 28 heavy (non-hydrogen) atoms. The molecule has 0 atom stereocenters. The lowest BCUT2D eigenvalue weighted by atomic mass is 10.0. The predicted octanol–water partition coefficient (Wildman–Crippen LogP) is 5.50. The van der Waals surface area contributed by atoms with Crippen LogP contribution in [0, 0.1) is 0 Å². The molecule has 0 aliphatic heterocycles. The van der Waals surface area contributed by atoms with E-state index in [0.717, 1.165) is 23.1 Å². The summed E-state index contributed by atoms with van der Waals surface area (Å²) in [5, 5.41) is 9.73. The van der Waals surface area contributed by atoms with Crippen LogP contribution in [0.1, 0.15) is 40.4 Å². The summed E-state index contributed by atoms with van der Waals surface area (Å²) in [6.07, 6.45) is 1.59. The zero-order chi connectivity index (χ0) is 19.8. The highest BCUT2D eigenvalue weighted by Gasteiger charge is 2.18. The van der Waals surface area contributed by atoms with Crippen molar-refractivity contribution in [3.8, 4) is 11.5 Å². The Kier molecular flexibility index (Phi) is 6.68. The van der Waals surface area contributed by atoms with Crippen LogP contribution in [0.25, 0.3) is 0 Å². The first kappa shape index (κ1) is 19.5. The van der Waals surface area contributed by atoms with Crippen LogP contribution < -0.4 is 9.47 Å². The number of ether oxygens (including phenoxy) is 2. The summed E-state index contributed by atoms with van der Waals surface area (Å²) in [4.78, 5) is 11.9. The van der Waals surface area contributed by atoms with Crippen molar-refractivity contribution in [1.29, 1.82) is 0 Å². The summed E-state index contributed by atoms with van der Waals surface area (Å²) in [5.41, 5.74) is 3.00. The maximum Gasteiger partial charge on any atom is 0.339 e. The monoisotopic (exact) mass is 376 g/mol. The molecule has 4 heteroatoms. The number of aromatic carboxylic acids is 1. The summed E-state index contributed by atoms with van der Waals surface area (Å²) in [7, 11) is 0. The molecule has 0 saturated carbocycles. The highest BCUT2D eigenvalue weighted by molar-refractivity contribution is 5.92. The van der Waals surface area contributed by atoms with Crippen LogP contribution in [0.15, 0.2) is 72.8 Å². The van der Waals surface area contributed by atoms with E-state index in [-0.39, 0.29) is 5.56 Å². The number of hydrogen-bond acceptors (Lipinski definition) is 3. The number of carbonyl (C=O) groups is 1. The zero-order valence-corrected chi connectivity index (χ0v) is 15.9. The van der Waals surface area contributed by atoms with E-state index in [1.807, 2.05) is 66.7 Å². The van der Waals surface area contributed by atoms with Crippen LogP contribution in [0.4, 0.5) is 0 Å². The normalized spacial score (nSPS) is 10.5. The van der Waals surface area contributed by atoms with Crippen molar-refractivity contribution in [2.75, 3.05) is 0 Å². The first-order valence-corrected chi connectivity index (χ1v) is 9.41. The first-order chi connectivity index (χ1) is 13.7. The Hall–Kier alpha value is -3.27. The largest absolute Gasteiger partial charge is 0.489 e. The van der Waals surface area contributed by atoms with E-state index in [0.29, 0.717) is 31.1 Å². The summed E-state index contributed by atoms with van der Waals surface area (Å²) in [5.74, 6) is -0.0624. The number of hydrogen-bond donors (Lipinski definition) is 1. The Morgan fingerprint density at radius 2 is 1.43 bits per heavy atom. The molecule has 0 aliphatic rings. The van der Waals surface area contributed by atoms with Crippen molar-refractivity contribution in [2.45, 2.75) is 33.0 Å². The number of rotatable bonds is 9. The van der Waals surface area contributed by atoms with Gasteiger partial charge in [-0.05, 0) is 35.2 Å². The Morgan fingerprint density at radius 1 is 0.857 bits per heavy atom. The van der Waals surface area contributed by atoms with Crippen molar-refractivity contribution >= 4 is 5.97 Å². The van der Waals surface area contributed by atoms with Gasteiger partial charge in [0.1, 0.15) is 30.3 Å². The standard InChI is InChI=1S/C24H24O4/c1-2-9-20-14-21(27-16-18-10-5-3-6-11-18)15-22(24(25)26)23(20)28-17-19-12-7-4-8-13-19/h3-8,10-15H,2,9,16-17H2,1H3,(H,25,26). The van der Waals surface area contributed by atoms with E-state index in [1.54, 1.807) is 6.07 Å². The molecule has 0 fully saturated rings. The molecule has 0 heterocycles. The Labute approximate surface area is 165 Å². The fraction of sp³-hybridized carbons (Fsp3) is 0.208. The Balaban J connectivity index is 1.85. The molecule has 0 amide bonds. The van der Waals surface area contributed by atoms with Crippen LogP contribution in [-0.4, -0.2) is 11.1 Å². The fourth-order valence-corrected chi connectivity index (χ4v) is 3.00. The minimum Gasteiger partial charge on any atom is -0.489 e. The van der Waals surface area contributed by atoms with Gasteiger partial charge in [-0.2, -0.15) is 0 Å². The van der Waals surface area contributed by atoms with Crippen LogP contribution in [0.5, 0.6) is 11.5 Å². The molecule has 4 nitrogen and oxygen atoms in total. The smallest absolute Gasteiger partial charge is 0.339 e. The summed E-state index contributed by atoms with van der Waals surface area (Å²) < 4.78 is 11.8. The van der Waals surface area contributed by atoms with Gasteiger partial charge in [-0.15, -0.1) is 0 Å². The van der Waals surface area contributed by atoms with Gasteiger partial charge in [-0.25, -0.2) is 4.79 Å². The molecule has 0 saturated heterocycles. The van der Waals surface area contributed by atoms with E-state index in [2.05, 4.69) is 6.92 Å². The van der Waals surface area contributed by atoms with Crippen LogP contribution in [0.2, 0.25) is 0 Å². The van der Waals surface area contributed by atoms with Gasteiger partial charge in [0.05, 0.1) is 0 Å². The van der Waals surface area contributed by atoms with E-state index >= 15 is 0 Å². The third-order valence-electron chi connectivity index (χ3n) is 4.36. The molecule has 3 aromatic rings. The van der Waals surface area contributed by atoms with Crippen molar-refractivity contribution in [3.05, 3.63) is 95.1 Å². The molecule has 3 rings (SSSR count). The second kappa shape index (κ2) is 9.60. The van der Waals surface area contributed by atoms with Gasteiger partial charge < -0.3 is 14.6 Å². The number of benzene rings is 3. The maximum absolute atomic E-state index is 11.9. The third-order valence-corrected chi connectivity index (χ3v) is 4.36.